The van der Waals surface area contributed by atoms with Gasteiger partial charge >= 0.3 is 6.09 Å². The first kappa shape index (κ1) is 22.2. The Kier molecular flexibility index (Phi) is 5.57. The molecule has 0 saturated heterocycles. The molecule has 4 nitrogen and oxygen atoms in total. The number of nitrogens with one attached hydrogen (secondary N) is 1. The highest BCUT2D eigenvalue weighted by Gasteiger charge is 2.65. The second-order valence-electron chi connectivity index (χ2n) is 11.8. The van der Waals surface area contributed by atoms with Crippen LogP contribution in [0.3, 0.4) is 0 Å². The van der Waals surface area contributed by atoms with E-state index in [1.807, 2.05) is 6.08 Å². The van der Waals surface area contributed by atoms with Crippen LogP contribution in [0.25, 0.3) is 0 Å². The summed E-state index contributed by atoms with van der Waals surface area (Å²) < 4.78 is 6.43. The quantitative estimate of drug-likeness (QED) is 0.546. The van der Waals surface area contributed by atoms with Crippen LogP contribution in [0.5, 0.6) is 0 Å². The van der Waals surface area contributed by atoms with Gasteiger partial charge in [-0.05, 0) is 87.7 Å². The van der Waals surface area contributed by atoms with Crippen molar-refractivity contribution in [1.29, 1.82) is 0 Å². The summed E-state index contributed by atoms with van der Waals surface area (Å²) in [6, 6.07) is 0.287. The minimum Gasteiger partial charge on any atom is -0.442 e. The third kappa shape index (κ3) is 3.30. The van der Waals surface area contributed by atoms with Crippen LogP contribution in [0.1, 0.15) is 97.8 Å². The highest BCUT2D eigenvalue weighted by Crippen LogP contribution is 2.68. The maximum absolute atomic E-state index is 13.0. The number of allylic oxidation sites excluding steroid dienone is 4. The van der Waals surface area contributed by atoms with Crippen LogP contribution in [0.4, 0.5) is 4.79 Å². The van der Waals surface area contributed by atoms with Gasteiger partial charge in [0.1, 0.15) is 5.60 Å². The van der Waals surface area contributed by atoms with E-state index in [1.54, 1.807) is 6.08 Å². The smallest absolute Gasteiger partial charge is 0.407 e. The lowest BCUT2D eigenvalue weighted by atomic mass is 9.47. The molecule has 0 aliphatic heterocycles. The van der Waals surface area contributed by atoms with Crippen LogP contribution in [0, 0.1) is 28.6 Å². The lowest BCUT2D eigenvalue weighted by Gasteiger charge is -2.58. The molecule has 176 valence electrons. The fourth-order valence-corrected chi connectivity index (χ4v) is 8.73. The lowest BCUT2D eigenvalue weighted by Crippen LogP contribution is -2.56. The monoisotopic (exact) mass is 439 g/mol. The van der Waals surface area contributed by atoms with Crippen molar-refractivity contribution in [2.75, 3.05) is 0 Å². The van der Waals surface area contributed by atoms with Crippen LogP contribution in [0.15, 0.2) is 23.8 Å². The topological polar surface area (TPSA) is 55.4 Å². The van der Waals surface area contributed by atoms with E-state index in [9.17, 15) is 9.59 Å². The van der Waals surface area contributed by atoms with E-state index in [0.717, 1.165) is 51.4 Å². The summed E-state index contributed by atoms with van der Waals surface area (Å²) in [5, 5.41) is 3.21. The van der Waals surface area contributed by atoms with E-state index in [-0.39, 0.29) is 34.3 Å². The first-order chi connectivity index (χ1) is 15.3. The molecular weight excluding hydrogens is 398 g/mol. The van der Waals surface area contributed by atoms with E-state index < -0.39 is 0 Å². The second-order valence-corrected chi connectivity index (χ2v) is 11.8. The largest absolute Gasteiger partial charge is 0.442 e. The summed E-state index contributed by atoms with van der Waals surface area (Å²) in [6.07, 6.45) is 19.1. The number of fused-ring (bicyclic) bond motifs is 5. The average molecular weight is 440 g/mol. The lowest BCUT2D eigenvalue weighted by molar-refractivity contribution is -0.126. The fourth-order valence-electron chi connectivity index (χ4n) is 8.73. The van der Waals surface area contributed by atoms with Crippen molar-refractivity contribution in [3.63, 3.8) is 0 Å². The van der Waals surface area contributed by atoms with Gasteiger partial charge in [0.05, 0.1) is 0 Å². The highest BCUT2D eigenvalue weighted by molar-refractivity contribution is 6.01. The van der Waals surface area contributed by atoms with Crippen molar-refractivity contribution in [1.82, 2.24) is 5.32 Å². The van der Waals surface area contributed by atoms with Crippen LogP contribution >= 0.6 is 0 Å². The molecule has 1 N–H and O–H groups in total. The zero-order chi connectivity index (χ0) is 22.6. The summed E-state index contributed by atoms with van der Waals surface area (Å²) in [4.78, 5) is 25.0. The zero-order valence-corrected chi connectivity index (χ0v) is 20.3. The number of carbonyl (C=O) groups excluding carboxylic acids is 2. The van der Waals surface area contributed by atoms with E-state index in [0.29, 0.717) is 17.8 Å². The molecule has 6 atom stereocenters. The maximum Gasteiger partial charge on any atom is 0.407 e. The van der Waals surface area contributed by atoms with Gasteiger partial charge in [0.15, 0.2) is 5.78 Å². The number of rotatable bonds is 3. The van der Waals surface area contributed by atoms with Crippen LogP contribution < -0.4 is 5.32 Å². The van der Waals surface area contributed by atoms with Crippen LogP contribution in [0.2, 0.25) is 0 Å². The van der Waals surface area contributed by atoms with Crippen molar-refractivity contribution in [2.45, 2.75) is 109 Å². The molecule has 4 heteroatoms. The molecule has 5 rings (SSSR count). The molecule has 4 fully saturated rings. The first-order valence-electron chi connectivity index (χ1n) is 13.2. The fraction of sp³-hybridized carbons (Fsp3) is 0.786. The Labute approximate surface area is 193 Å². The number of ether oxygens (including phenoxy) is 1. The Morgan fingerprint density at radius 2 is 1.81 bits per heavy atom. The Hall–Kier alpha value is -1.58. The molecule has 0 heterocycles. The minimum atomic E-state index is -0.350. The van der Waals surface area contributed by atoms with Gasteiger partial charge in [0, 0.05) is 16.9 Å². The van der Waals surface area contributed by atoms with Gasteiger partial charge in [-0.15, -0.1) is 0 Å². The van der Waals surface area contributed by atoms with Gasteiger partial charge in [-0.25, -0.2) is 4.79 Å². The number of hydrogen-bond acceptors (Lipinski definition) is 3. The van der Waals surface area contributed by atoms with Gasteiger partial charge in [0.25, 0.3) is 0 Å². The van der Waals surface area contributed by atoms with Crippen molar-refractivity contribution in [3.05, 3.63) is 23.8 Å². The Bertz CT molecular complexity index is 840. The number of hydrogen-bond donors (Lipinski definition) is 1. The molecule has 0 radical (unpaired) electrons. The number of alkyl carbamates (subject to hydrolysis) is 1. The summed E-state index contributed by atoms with van der Waals surface area (Å²) >= 11 is 0. The van der Waals surface area contributed by atoms with Crippen molar-refractivity contribution < 1.29 is 14.3 Å². The summed E-state index contributed by atoms with van der Waals surface area (Å²) in [5.74, 6) is 1.98. The van der Waals surface area contributed by atoms with Crippen LogP contribution in [-0.4, -0.2) is 23.5 Å². The Morgan fingerprint density at radius 3 is 2.56 bits per heavy atom. The highest BCUT2D eigenvalue weighted by atomic mass is 16.6. The molecule has 1 amide bonds. The van der Waals surface area contributed by atoms with Gasteiger partial charge in [0.2, 0.25) is 0 Å². The van der Waals surface area contributed by atoms with E-state index in [4.69, 9.17) is 4.74 Å². The molecule has 0 bridgehead atoms. The summed E-state index contributed by atoms with van der Waals surface area (Å²) in [6.45, 7) is 7.00. The van der Waals surface area contributed by atoms with E-state index in [2.05, 4.69) is 32.2 Å². The number of carbonyl (C=O) groups is 2. The van der Waals surface area contributed by atoms with E-state index in [1.165, 1.54) is 31.3 Å². The van der Waals surface area contributed by atoms with Crippen molar-refractivity contribution in [2.24, 2.45) is 28.6 Å². The Balaban J connectivity index is 1.35. The minimum absolute atomic E-state index is 0.0227. The molecule has 32 heavy (non-hydrogen) atoms. The van der Waals surface area contributed by atoms with Crippen LogP contribution in [-0.2, 0) is 9.53 Å². The van der Waals surface area contributed by atoms with Gasteiger partial charge in [-0.3, -0.25) is 4.79 Å². The average Bonchev–Trinajstić information content (AvgIpc) is 3.07. The van der Waals surface area contributed by atoms with Crippen molar-refractivity contribution in [3.8, 4) is 0 Å². The normalized spacial score (nSPS) is 43.7. The summed E-state index contributed by atoms with van der Waals surface area (Å²) in [5.41, 5.74) is 1.06. The maximum atomic E-state index is 13.0. The summed E-state index contributed by atoms with van der Waals surface area (Å²) in [7, 11) is 0. The zero-order valence-electron chi connectivity index (χ0n) is 20.3. The van der Waals surface area contributed by atoms with Crippen molar-refractivity contribution >= 4 is 11.9 Å². The molecule has 0 aromatic heterocycles. The second kappa shape index (κ2) is 8.02. The van der Waals surface area contributed by atoms with Gasteiger partial charge < -0.3 is 10.1 Å². The standard InChI is InChI=1S/C28H41NO3/c1-4-28(32-25(31)29-20-8-6-5-7-9-20)17-14-24-22-11-10-19-18-21(30)12-15-26(19,2)23(22)13-16-27(24,28)3/h12,15,18,20,22-24H,4-11,13-14,16-17H2,1-3H3,(H,29,31)/t22?,23?,24?,26-,27-,28-/m0/s1. The molecule has 4 saturated carbocycles. The molecule has 0 aromatic rings. The number of amides is 1. The molecule has 3 unspecified atom stereocenters. The van der Waals surface area contributed by atoms with Gasteiger partial charge in [-0.1, -0.05) is 51.7 Å². The first-order valence-corrected chi connectivity index (χ1v) is 13.2. The SMILES string of the molecule is CC[C@]1(OC(=O)NC2CCCCC2)CCC2C3CCC4=CC(=O)C=C[C@]4(C)C3CC[C@@]21C. The third-order valence-corrected chi connectivity index (χ3v) is 10.6. The van der Waals surface area contributed by atoms with E-state index >= 15 is 0 Å². The molecule has 0 spiro atoms. The van der Waals surface area contributed by atoms with Gasteiger partial charge in [-0.2, -0.15) is 0 Å². The predicted octanol–water partition coefficient (Wildman–Crippen LogP) is 6.50. The molecule has 5 aliphatic carbocycles. The predicted molar refractivity (Wildman–Crippen MR) is 126 cm³/mol. The molecule has 5 aliphatic rings. The Morgan fingerprint density at radius 1 is 1.06 bits per heavy atom. The number of ketones is 1. The molecular formula is C28H41NO3. The third-order valence-electron chi connectivity index (χ3n) is 10.6. The molecule has 0 aromatic carbocycles.